The Bertz CT molecular complexity index is 243. The van der Waals surface area contributed by atoms with Crippen molar-refractivity contribution in [3.63, 3.8) is 0 Å². The van der Waals surface area contributed by atoms with Crippen molar-refractivity contribution in [2.45, 2.75) is 13.3 Å². The van der Waals surface area contributed by atoms with Gasteiger partial charge in [0.15, 0.2) is 0 Å². The fourth-order valence-corrected chi connectivity index (χ4v) is 1.36. The number of hydrogen-bond acceptors (Lipinski definition) is 3. The van der Waals surface area contributed by atoms with Crippen LogP contribution >= 0.6 is 0 Å². The minimum absolute atomic E-state index is 0. The maximum Gasteiger partial charge on any atom is 0.216 e. The molecule has 0 atom stereocenters. The molecule has 76 valence electrons. The largest absolute Gasteiger partial charge is 0.356 e. The number of rotatable bonds is 5. The smallest absolute Gasteiger partial charge is 0.216 e. The van der Waals surface area contributed by atoms with E-state index in [4.69, 9.17) is 0 Å². The zero-order valence-corrected chi connectivity index (χ0v) is 8.07. The molecule has 12 heavy (non-hydrogen) atoms. The molecule has 0 aliphatic carbocycles. The van der Waals surface area contributed by atoms with E-state index in [-0.39, 0.29) is 14.5 Å². The molecule has 0 radical (unpaired) electrons. The summed E-state index contributed by atoms with van der Waals surface area (Å²) in [7, 11) is -1.75. The molecule has 5 nitrogen and oxygen atoms in total. The number of carbonyl (C=O) groups is 1. The van der Waals surface area contributed by atoms with Crippen molar-refractivity contribution < 1.29 is 16.1 Å². The molecule has 0 aromatic carbocycles. The molecule has 0 unspecified atom stereocenters. The molecule has 0 rings (SSSR count). The molecule has 0 fully saturated rings. The fraction of sp³-hybridized carbons (Fsp3) is 0.833. The molecule has 0 aliphatic heterocycles. The van der Waals surface area contributed by atoms with Crippen molar-refractivity contribution in [1.29, 1.82) is 0 Å². The molecule has 0 aromatic rings. The van der Waals surface area contributed by atoms with Crippen molar-refractivity contribution >= 4 is 15.9 Å². The van der Waals surface area contributed by atoms with E-state index in [1.807, 2.05) is 0 Å². The maximum atomic E-state index is 10.8. The van der Waals surface area contributed by atoms with E-state index in [1.54, 1.807) is 0 Å². The number of hydrogen-bond donors (Lipinski definition) is 2. The molecule has 0 aromatic heterocycles. The van der Waals surface area contributed by atoms with Crippen LogP contribution in [0.25, 0.3) is 0 Å². The first kappa shape index (κ1) is 11.4. The van der Waals surface area contributed by atoms with E-state index in [0.717, 1.165) is 0 Å². The Morgan fingerprint density at radius 3 is 2.50 bits per heavy atom. The lowest BCUT2D eigenvalue weighted by atomic mass is 10.5. The molecule has 0 saturated carbocycles. The average molecular weight is 198 g/mol. The van der Waals surface area contributed by atoms with Crippen molar-refractivity contribution in [2.24, 2.45) is 0 Å². The second-order valence-corrected chi connectivity index (χ2v) is 4.41. The highest BCUT2D eigenvalue weighted by Gasteiger charge is 2.05. The third-order valence-corrected chi connectivity index (χ3v) is 2.72. The van der Waals surface area contributed by atoms with E-state index in [0.29, 0.717) is 13.0 Å². The summed E-state index contributed by atoms with van der Waals surface area (Å²) in [6, 6.07) is 0. The second-order valence-electron chi connectivity index (χ2n) is 2.36. The predicted molar refractivity (Wildman–Crippen MR) is 50.4 cm³/mol. The van der Waals surface area contributed by atoms with Gasteiger partial charge in [-0.25, -0.2) is 13.1 Å². The summed E-state index contributed by atoms with van der Waals surface area (Å²) in [5.74, 6) is -0.0964. The Kier molecular flexibility index (Phi) is 4.84. The monoisotopic (exact) mass is 198 g/mol. The van der Waals surface area contributed by atoms with Gasteiger partial charge in [-0.3, -0.25) is 4.79 Å². The number of amides is 1. The first-order valence-corrected chi connectivity index (χ1v) is 5.29. The van der Waals surface area contributed by atoms with Gasteiger partial charge < -0.3 is 5.32 Å². The van der Waals surface area contributed by atoms with Crippen LogP contribution in [-0.4, -0.2) is 33.7 Å². The van der Waals surface area contributed by atoms with Crippen molar-refractivity contribution in [2.75, 3.05) is 19.3 Å². The Labute approximate surface area is 75.6 Å². The first-order chi connectivity index (χ1) is 5.48. The van der Waals surface area contributed by atoms with Gasteiger partial charge in [-0.05, 0) is 13.5 Å². The average Bonchev–Trinajstić information content (AvgIpc) is 1.98. The molecule has 2 N–H and O–H groups in total. The molecule has 0 aliphatic rings. The zero-order valence-electron chi connectivity index (χ0n) is 7.25. The third kappa shape index (κ3) is 6.11. The van der Waals surface area contributed by atoms with Gasteiger partial charge in [-0.2, -0.15) is 0 Å². The summed E-state index contributed by atoms with van der Waals surface area (Å²) in [4.78, 5) is 10.4. The lowest BCUT2D eigenvalue weighted by molar-refractivity contribution is -0.118. The Morgan fingerprint density at radius 2 is 2.08 bits per heavy atom. The van der Waals surface area contributed by atoms with E-state index >= 15 is 0 Å². The molecular weight excluding hydrogens is 180 g/mol. The van der Waals surface area contributed by atoms with Gasteiger partial charge in [-0.1, -0.05) is 0 Å². The standard InChI is InChI=1S/C6H14N2O3S.2H2/c1-6(9)8-4-3-5-12(10,11)7-2;;/h7H,3-5H2,1-2H3,(H,8,9);2*1H. The van der Waals surface area contributed by atoms with E-state index < -0.39 is 10.0 Å². The quantitative estimate of drug-likeness (QED) is 0.588. The van der Waals surface area contributed by atoms with Gasteiger partial charge in [0.1, 0.15) is 0 Å². The summed E-state index contributed by atoms with van der Waals surface area (Å²) >= 11 is 0. The second kappa shape index (κ2) is 5.10. The predicted octanol–water partition coefficient (Wildman–Crippen LogP) is -0.446. The molecule has 0 spiro atoms. The third-order valence-electron chi connectivity index (χ3n) is 1.27. The van der Waals surface area contributed by atoms with Crippen LogP contribution in [0, 0.1) is 0 Å². The van der Waals surface area contributed by atoms with Crippen molar-refractivity contribution in [3.05, 3.63) is 0 Å². The first-order valence-electron chi connectivity index (χ1n) is 3.63. The lowest BCUT2D eigenvalue weighted by Gasteiger charge is -2.02. The summed E-state index contributed by atoms with van der Waals surface area (Å²) in [6.07, 6.45) is 0.433. The van der Waals surface area contributed by atoms with E-state index in [9.17, 15) is 13.2 Å². The number of carbonyl (C=O) groups excluding carboxylic acids is 1. The van der Waals surface area contributed by atoms with Gasteiger partial charge in [0.25, 0.3) is 0 Å². The molecule has 1 amide bonds. The lowest BCUT2D eigenvalue weighted by Crippen LogP contribution is -2.27. The van der Waals surface area contributed by atoms with Gasteiger partial charge >= 0.3 is 0 Å². The van der Waals surface area contributed by atoms with Crippen molar-refractivity contribution in [1.82, 2.24) is 10.0 Å². The number of sulfonamides is 1. The van der Waals surface area contributed by atoms with Crippen LogP contribution in [0.1, 0.15) is 16.2 Å². The Morgan fingerprint density at radius 1 is 1.50 bits per heavy atom. The van der Waals surface area contributed by atoms with Gasteiger partial charge in [0.05, 0.1) is 5.75 Å². The zero-order chi connectivity index (χ0) is 9.61. The van der Waals surface area contributed by atoms with Crippen LogP contribution in [0.2, 0.25) is 0 Å². The van der Waals surface area contributed by atoms with Crippen LogP contribution in [0.15, 0.2) is 0 Å². The molecule has 6 heteroatoms. The van der Waals surface area contributed by atoms with Gasteiger partial charge in [0, 0.05) is 16.3 Å². The number of nitrogens with one attached hydrogen (secondary N) is 2. The minimum atomic E-state index is -3.12. The summed E-state index contributed by atoms with van der Waals surface area (Å²) < 4.78 is 23.8. The highest BCUT2D eigenvalue weighted by atomic mass is 32.2. The minimum Gasteiger partial charge on any atom is -0.356 e. The molecule has 0 heterocycles. The van der Waals surface area contributed by atoms with Crippen LogP contribution in [0.5, 0.6) is 0 Å². The summed E-state index contributed by atoms with van der Waals surface area (Å²) in [5, 5.41) is 2.51. The highest BCUT2D eigenvalue weighted by Crippen LogP contribution is 1.86. The van der Waals surface area contributed by atoms with E-state index in [2.05, 4.69) is 10.0 Å². The molecule has 0 bridgehead atoms. The van der Waals surface area contributed by atoms with Crippen LogP contribution in [-0.2, 0) is 14.8 Å². The van der Waals surface area contributed by atoms with Gasteiger partial charge in [-0.15, -0.1) is 0 Å². The Balaban J connectivity index is -0.000000605. The van der Waals surface area contributed by atoms with Gasteiger partial charge in [0.2, 0.25) is 15.9 Å². The van der Waals surface area contributed by atoms with E-state index in [1.165, 1.54) is 14.0 Å². The van der Waals surface area contributed by atoms with Crippen LogP contribution < -0.4 is 10.0 Å². The van der Waals surface area contributed by atoms with Crippen LogP contribution in [0.3, 0.4) is 0 Å². The molecule has 0 saturated heterocycles. The van der Waals surface area contributed by atoms with Crippen LogP contribution in [0.4, 0.5) is 0 Å². The fourth-order valence-electron chi connectivity index (χ4n) is 0.629. The summed E-state index contributed by atoms with van der Waals surface area (Å²) in [5.41, 5.74) is 0. The maximum absolute atomic E-state index is 10.8. The van der Waals surface area contributed by atoms with Crippen molar-refractivity contribution in [3.8, 4) is 0 Å². The Hall–Kier alpha value is -0.620. The summed E-state index contributed by atoms with van der Waals surface area (Å²) in [6.45, 7) is 1.79. The molecular formula is C6H18N2O3S. The normalized spacial score (nSPS) is 11.2. The SMILES string of the molecule is CNS(=O)(=O)CCCNC(C)=O.[HH].[HH]. The topological polar surface area (TPSA) is 75.3 Å². The highest BCUT2D eigenvalue weighted by molar-refractivity contribution is 7.89.